The molecule has 0 rings (SSSR count). The van der Waals surface area contributed by atoms with E-state index in [9.17, 15) is 9.59 Å². The summed E-state index contributed by atoms with van der Waals surface area (Å²) in [5, 5.41) is 11.1. The second-order valence-corrected chi connectivity index (χ2v) is 3.72. The first-order valence-electron chi connectivity index (χ1n) is 4.09. The quantitative estimate of drug-likeness (QED) is 0.601. The van der Waals surface area contributed by atoms with Crippen LogP contribution in [0.25, 0.3) is 0 Å². The van der Waals surface area contributed by atoms with Gasteiger partial charge in [-0.05, 0) is 19.3 Å². The van der Waals surface area contributed by atoms with E-state index in [1.165, 1.54) is 6.92 Å². The van der Waals surface area contributed by atoms with Crippen molar-refractivity contribution < 1.29 is 14.7 Å². The average Bonchev–Trinajstić information content (AvgIpc) is 1.82. The van der Waals surface area contributed by atoms with Gasteiger partial charge in [0.05, 0.1) is 0 Å². The Hall–Kier alpha value is -1.26. The molecule has 2 amide bonds. The molecule has 0 heterocycles. The predicted molar refractivity (Wildman–Crippen MR) is 48.2 cm³/mol. The van der Waals surface area contributed by atoms with E-state index < -0.39 is 17.5 Å². The standard InChI is InChI=1S/C8H16N2O3/c1-5(2)4-8(3,6(11)12)10-7(9)13/h5H,4H2,1-3H3,(H,11,12)(H3,9,10,13). The summed E-state index contributed by atoms with van der Waals surface area (Å²) in [6.07, 6.45) is 0.352. The number of nitrogens with one attached hydrogen (secondary N) is 1. The summed E-state index contributed by atoms with van der Waals surface area (Å²) in [5.41, 5.74) is 3.61. The van der Waals surface area contributed by atoms with Crippen molar-refractivity contribution >= 4 is 12.0 Å². The van der Waals surface area contributed by atoms with E-state index in [0.29, 0.717) is 6.42 Å². The Kier molecular flexibility index (Phi) is 3.71. The van der Waals surface area contributed by atoms with Gasteiger partial charge in [-0.2, -0.15) is 0 Å². The van der Waals surface area contributed by atoms with Gasteiger partial charge in [-0.1, -0.05) is 13.8 Å². The molecule has 5 nitrogen and oxygen atoms in total. The van der Waals surface area contributed by atoms with Gasteiger partial charge >= 0.3 is 12.0 Å². The highest BCUT2D eigenvalue weighted by molar-refractivity contribution is 5.85. The fraction of sp³-hybridized carbons (Fsp3) is 0.750. The average molecular weight is 188 g/mol. The van der Waals surface area contributed by atoms with Crippen molar-refractivity contribution in [1.29, 1.82) is 0 Å². The van der Waals surface area contributed by atoms with Crippen LogP contribution in [0, 0.1) is 5.92 Å². The zero-order chi connectivity index (χ0) is 10.6. The number of nitrogens with two attached hydrogens (primary N) is 1. The number of carboxylic acid groups (broad SMARTS) is 1. The van der Waals surface area contributed by atoms with Crippen LogP contribution < -0.4 is 11.1 Å². The summed E-state index contributed by atoms with van der Waals surface area (Å²) < 4.78 is 0. The van der Waals surface area contributed by atoms with Gasteiger partial charge in [0.1, 0.15) is 5.54 Å². The zero-order valence-electron chi connectivity index (χ0n) is 8.13. The van der Waals surface area contributed by atoms with Gasteiger partial charge in [-0.25, -0.2) is 9.59 Å². The molecule has 0 aliphatic rings. The number of carbonyl (C=O) groups excluding carboxylic acids is 1. The number of rotatable bonds is 4. The van der Waals surface area contributed by atoms with Gasteiger partial charge in [-0.15, -0.1) is 0 Å². The van der Waals surface area contributed by atoms with Crippen LogP contribution in [0.2, 0.25) is 0 Å². The van der Waals surface area contributed by atoms with Crippen LogP contribution in [0.15, 0.2) is 0 Å². The molecule has 1 atom stereocenters. The molecule has 13 heavy (non-hydrogen) atoms. The monoisotopic (exact) mass is 188 g/mol. The van der Waals surface area contributed by atoms with E-state index in [0.717, 1.165) is 0 Å². The lowest BCUT2D eigenvalue weighted by atomic mass is 9.91. The Balaban J connectivity index is 4.52. The molecule has 0 saturated heterocycles. The molecule has 0 radical (unpaired) electrons. The van der Waals surface area contributed by atoms with Crippen LogP contribution in [0.1, 0.15) is 27.2 Å². The summed E-state index contributed by atoms with van der Waals surface area (Å²) in [6.45, 7) is 5.20. The number of carbonyl (C=O) groups is 2. The maximum atomic E-state index is 10.8. The number of aliphatic carboxylic acids is 1. The zero-order valence-corrected chi connectivity index (χ0v) is 8.13. The molecule has 0 aromatic heterocycles. The highest BCUT2D eigenvalue weighted by Crippen LogP contribution is 2.16. The minimum Gasteiger partial charge on any atom is -0.480 e. The molecule has 4 N–H and O–H groups in total. The number of hydrogen-bond donors (Lipinski definition) is 3. The van der Waals surface area contributed by atoms with Crippen LogP contribution in [0.3, 0.4) is 0 Å². The lowest BCUT2D eigenvalue weighted by Gasteiger charge is -2.26. The molecule has 0 spiro atoms. The molecule has 0 aliphatic heterocycles. The van der Waals surface area contributed by atoms with Crippen LogP contribution in [0.5, 0.6) is 0 Å². The molecule has 76 valence electrons. The van der Waals surface area contributed by atoms with E-state index in [4.69, 9.17) is 10.8 Å². The third-order valence-corrected chi connectivity index (χ3v) is 1.69. The van der Waals surface area contributed by atoms with Crippen LogP contribution in [-0.2, 0) is 4.79 Å². The molecule has 0 aromatic carbocycles. The van der Waals surface area contributed by atoms with Crippen LogP contribution in [0.4, 0.5) is 4.79 Å². The lowest BCUT2D eigenvalue weighted by Crippen LogP contribution is -2.54. The van der Waals surface area contributed by atoms with Crippen molar-refractivity contribution in [3.8, 4) is 0 Å². The van der Waals surface area contributed by atoms with Crippen LogP contribution in [-0.4, -0.2) is 22.6 Å². The van der Waals surface area contributed by atoms with Gasteiger partial charge in [0.2, 0.25) is 0 Å². The topological polar surface area (TPSA) is 92.4 Å². The van der Waals surface area contributed by atoms with Gasteiger partial charge < -0.3 is 16.2 Å². The van der Waals surface area contributed by atoms with E-state index in [2.05, 4.69) is 5.32 Å². The van der Waals surface area contributed by atoms with Crippen molar-refractivity contribution in [3.63, 3.8) is 0 Å². The molecule has 0 aromatic rings. The van der Waals surface area contributed by atoms with Crippen molar-refractivity contribution in [2.45, 2.75) is 32.7 Å². The van der Waals surface area contributed by atoms with Crippen molar-refractivity contribution in [2.24, 2.45) is 11.7 Å². The van der Waals surface area contributed by atoms with Gasteiger partial charge in [0.25, 0.3) is 0 Å². The smallest absolute Gasteiger partial charge is 0.329 e. The number of hydrogen-bond acceptors (Lipinski definition) is 2. The normalized spacial score (nSPS) is 15.1. The van der Waals surface area contributed by atoms with Crippen molar-refractivity contribution in [3.05, 3.63) is 0 Å². The highest BCUT2D eigenvalue weighted by Gasteiger charge is 2.34. The van der Waals surface area contributed by atoms with E-state index in [-0.39, 0.29) is 5.92 Å². The van der Waals surface area contributed by atoms with Crippen molar-refractivity contribution in [1.82, 2.24) is 5.32 Å². The molecule has 0 fully saturated rings. The molecule has 5 heteroatoms. The highest BCUT2D eigenvalue weighted by atomic mass is 16.4. The van der Waals surface area contributed by atoms with Crippen molar-refractivity contribution in [2.75, 3.05) is 0 Å². The molecular formula is C8H16N2O3. The Morgan fingerprint density at radius 2 is 2.00 bits per heavy atom. The Bertz CT molecular complexity index is 215. The fourth-order valence-electron chi connectivity index (χ4n) is 1.28. The van der Waals surface area contributed by atoms with Gasteiger partial charge in [0, 0.05) is 0 Å². The number of primary amides is 1. The first-order chi connectivity index (χ1) is 5.78. The second-order valence-electron chi connectivity index (χ2n) is 3.72. The number of urea groups is 1. The number of carboxylic acids is 1. The summed E-state index contributed by atoms with van der Waals surface area (Å²) in [4.78, 5) is 21.4. The Morgan fingerprint density at radius 3 is 2.23 bits per heavy atom. The van der Waals surface area contributed by atoms with Crippen LogP contribution >= 0.6 is 0 Å². The number of amides is 2. The summed E-state index contributed by atoms with van der Waals surface area (Å²) >= 11 is 0. The molecule has 0 saturated carbocycles. The largest absolute Gasteiger partial charge is 0.480 e. The van der Waals surface area contributed by atoms with Gasteiger partial charge in [-0.3, -0.25) is 0 Å². The minimum absolute atomic E-state index is 0.174. The summed E-state index contributed by atoms with van der Waals surface area (Å²) in [6, 6.07) is -0.814. The van der Waals surface area contributed by atoms with Gasteiger partial charge in [0.15, 0.2) is 0 Å². The summed E-state index contributed by atoms with van der Waals surface area (Å²) in [7, 11) is 0. The first kappa shape index (κ1) is 11.7. The predicted octanol–water partition coefficient (Wildman–Crippen LogP) is 0.544. The SMILES string of the molecule is CC(C)CC(C)(NC(N)=O)C(=O)O. The maximum absolute atomic E-state index is 10.8. The fourth-order valence-corrected chi connectivity index (χ4v) is 1.28. The maximum Gasteiger partial charge on any atom is 0.329 e. The molecular weight excluding hydrogens is 172 g/mol. The molecule has 1 unspecified atom stereocenters. The molecule has 0 bridgehead atoms. The molecule has 0 aliphatic carbocycles. The van der Waals surface area contributed by atoms with E-state index >= 15 is 0 Å². The second kappa shape index (κ2) is 4.11. The third kappa shape index (κ3) is 3.78. The lowest BCUT2D eigenvalue weighted by molar-refractivity contribution is -0.144. The summed E-state index contributed by atoms with van der Waals surface area (Å²) in [5.74, 6) is -0.895. The first-order valence-corrected chi connectivity index (χ1v) is 4.09. The Labute approximate surface area is 77.3 Å². The van der Waals surface area contributed by atoms with E-state index in [1.807, 2.05) is 13.8 Å². The Morgan fingerprint density at radius 1 is 1.54 bits per heavy atom. The third-order valence-electron chi connectivity index (χ3n) is 1.69. The minimum atomic E-state index is -1.26. The van der Waals surface area contributed by atoms with E-state index in [1.54, 1.807) is 0 Å².